The van der Waals surface area contributed by atoms with Gasteiger partial charge in [0, 0.05) is 18.5 Å². The van der Waals surface area contributed by atoms with Crippen LogP contribution in [0.2, 0.25) is 0 Å². The van der Waals surface area contributed by atoms with Crippen molar-refractivity contribution in [3.8, 4) is 0 Å². The van der Waals surface area contributed by atoms with E-state index in [0.717, 1.165) is 33.8 Å². The summed E-state index contributed by atoms with van der Waals surface area (Å²) in [6.07, 6.45) is 0. The monoisotopic (exact) mass is 319 g/mol. The van der Waals surface area contributed by atoms with Crippen molar-refractivity contribution in [2.75, 3.05) is 6.54 Å². The van der Waals surface area contributed by atoms with E-state index in [1.54, 1.807) is 0 Å². The molecule has 0 spiro atoms. The van der Waals surface area contributed by atoms with Crippen molar-refractivity contribution < 1.29 is 4.79 Å². The maximum Gasteiger partial charge on any atom is 0.266 e. The van der Waals surface area contributed by atoms with Gasteiger partial charge in [0.15, 0.2) is 5.82 Å². The van der Waals surface area contributed by atoms with E-state index >= 15 is 0 Å². The minimum Gasteiger partial charge on any atom is -0.329 e. The first kappa shape index (κ1) is 15.1. The van der Waals surface area contributed by atoms with E-state index in [-0.39, 0.29) is 11.3 Å². The van der Waals surface area contributed by atoms with Crippen molar-refractivity contribution in [2.45, 2.75) is 53.1 Å². The molecule has 0 aromatic carbocycles. The van der Waals surface area contributed by atoms with E-state index in [4.69, 9.17) is 0 Å². The first-order valence-corrected chi connectivity index (χ1v) is 8.25. The number of fused-ring (bicyclic) bond motifs is 1. The summed E-state index contributed by atoms with van der Waals surface area (Å²) in [7, 11) is 0. The number of carbonyl (C=O) groups excluding carboxylic acids is 1. The summed E-state index contributed by atoms with van der Waals surface area (Å²) in [6.45, 7) is 12.2. The Morgan fingerprint density at radius 1 is 1.18 bits per heavy atom. The first-order chi connectivity index (χ1) is 10.3. The molecule has 1 aliphatic heterocycles. The summed E-state index contributed by atoms with van der Waals surface area (Å²) in [5, 5.41) is 9.24. The molecular weight excluding hydrogens is 298 g/mol. The Morgan fingerprint density at radius 2 is 1.91 bits per heavy atom. The molecule has 1 aliphatic rings. The molecule has 6 nitrogen and oxygen atoms in total. The van der Waals surface area contributed by atoms with Crippen LogP contribution in [0.1, 0.15) is 52.8 Å². The van der Waals surface area contributed by atoms with Crippen LogP contribution >= 0.6 is 11.3 Å². The van der Waals surface area contributed by atoms with Gasteiger partial charge in [-0.25, -0.2) is 4.98 Å². The predicted octanol–water partition coefficient (Wildman–Crippen LogP) is 2.30. The van der Waals surface area contributed by atoms with Gasteiger partial charge in [-0.05, 0) is 13.8 Å². The molecule has 2 aromatic heterocycles. The third-order valence-electron chi connectivity index (χ3n) is 3.86. The third kappa shape index (κ3) is 2.54. The van der Waals surface area contributed by atoms with Crippen molar-refractivity contribution >= 4 is 17.2 Å². The standard InChI is InChI=1S/C15H21N5OS/c1-9-12(22-14(16-9)15(3,4)5)13(21)19-6-7-20-10(2)17-18-11(20)8-19/h6-8H2,1-5H3. The van der Waals surface area contributed by atoms with Crippen LogP contribution in [0, 0.1) is 13.8 Å². The highest BCUT2D eigenvalue weighted by atomic mass is 32.1. The van der Waals surface area contributed by atoms with Gasteiger partial charge >= 0.3 is 0 Å². The molecule has 0 saturated heterocycles. The lowest BCUT2D eigenvalue weighted by atomic mass is 9.98. The highest BCUT2D eigenvalue weighted by Crippen LogP contribution is 2.30. The quantitative estimate of drug-likeness (QED) is 0.809. The zero-order chi connectivity index (χ0) is 16.1. The van der Waals surface area contributed by atoms with Crippen LogP contribution in [0.3, 0.4) is 0 Å². The Balaban J connectivity index is 1.85. The summed E-state index contributed by atoms with van der Waals surface area (Å²) >= 11 is 1.51. The summed E-state index contributed by atoms with van der Waals surface area (Å²) in [6, 6.07) is 0. The summed E-state index contributed by atoms with van der Waals surface area (Å²) in [4.78, 5) is 20.0. The summed E-state index contributed by atoms with van der Waals surface area (Å²) in [5.74, 6) is 1.82. The van der Waals surface area contributed by atoms with Crippen molar-refractivity contribution in [1.82, 2.24) is 24.6 Å². The number of aryl methyl sites for hydroxylation is 2. The van der Waals surface area contributed by atoms with Crippen LogP contribution in [0.25, 0.3) is 0 Å². The molecular formula is C15H21N5OS. The Kier molecular flexibility index (Phi) is 3.55. The minimum absolute atomic E-state index is 0.0346. The van der Waals surface area contributed by atoms with E-state index in [0.29, 0.717) is 13.1 Å². The Labute approximate surface area is 134 Å². The van der Waals surface area contributed by atoms with Gasteiger partial charge in [0.1, 0.15) is 10.7 Å². The predicted molar refractivity (Wildman–Crippen MR) is 85.1 cm³/mol. The highest BCUT2D eigenvalue weighted by Gasteiger charge is 2.29. The molecule has 0 aliphatic carbocycles. The van der Waals surface area contributed by atoms with Crippen LogP contribution in [0.15, 0.2) is 0 Å². The molecule has 0 radical (unpaired) electrons. The molecule has 118 valence electrons. The number of amides is 1. The molecule has 7 heteroatoms. The summed E-state index contributed by atoms with van der Waals surface area (Å²) in [5.41, 5.74) is 0.788. The van der Waals surface area contributed by atoms with Crippen molar-refractivity contribution in [3.05, 3.63) is 27.2 Å². The van der Waals surface area contributed by atoms with Crippen LogP contribution < -0.4 is 0 Å². The second-order valence-corrected chi connectivity index (χ2v) is 7.72. The molecule has 2 aromatic rings. The third-order valence-corrected chi connectivity index (χ3v) is 5.43. The molecule has 0 fully saturated rings. The maximum atomic E-state index is 12.8. The fourth-order valence-electron chi connectivity index (χ4n) is 2.54. The van der Waals surface area contributed by atoms with Crippen molar-refractivity contribution in [1.29, 1.82) is 0 Å². The van der Waals surface area contributed by atoms with Gasteiger partial charge in [-0.15, -0.1) is 21.5 Å². The lowest BCUT2D eigenvalue weighted by Gasteiger charge is -2.27. The van der Waals surface area contributed by atoms with Gasteiger partial charge in [0.25, 0.3) is 5.91 Å². The number of aromatic nitrogens is 4. The van der Waals surface area contributed by atoms with Crippen LogP contribution in [0.4, 0.5) is 0 Å². The lowest BCUT2D eigenvalue weighted by Crippen LogP contribution is -2.38. The number of nitrogens with zero attached hydrogens (tertiary/aromatic N) is 5. The van der Waals surface area contributed by atoms with E-state index < -0.39 is 0 Å². The van der Waals surface area contributed by atoms with E-state index in [1.165, 1.54) is 11.3 Å². The molecule has 0 atom stereocenters. The average Bonchev–Trinajstić information content (AvgIpc) is 3.01. The largest absolute Gasteiger partial charge is 0.329 e. The Bertz CT molecular complexity index is 725. The molecule has 0 unspecified atom stereocenters. The Morgan fingerprint density at radius 3 is 2.55 bits per heavy atom. The van der Waals surface area contributed by atoms with Gasteiger partial charge in [-0.2, -0.15) is 0 Å². The molecule has 3 rings (SSSR count). The van der Waals surface area contributed by atoms with Crippen molar-refractivity contribution in [2.24, 2.45) is 0 Å². The number of hydrogen-bond donors (Lipinski definition) is 0. The zero-order valence-electron chi connectivity index (χ0n) is 13.7. The number of rotatable bonds is 1. The molecule has 1 amide bonds. The molecule has 0 bridgehead atoms. The maximum absolute atomic E-state index is 12.8. The van der Waals surface area contributed by atoms with Crippen LogP contribution in [-0.2, 0) is 18.5 Å². The Hall–Kier alpha value is -1.76. The lowest BCUT2D eigenvalue weighted by molar-refractivity contribution is 0.0710. The summed E-state index contributed by atoms with van der Waals surface area (Å²) < 4.78 is 2.07. The minimum atomic E-state index is -0.0346. The van der Waals surface area contributed by atoms with Gasteiger partial charge < -0.3 is 9.47 Å². The number of hydrogen-bond acceptors (Lipinski definition) is 5. The topological polar surface area (TPSA) is 63.9 Å². The van der Waals surface area contributed by atoms with E-state index in [1.807, 2.05) is 18.7 Å². The smallest absolute Gasteiger partial charge is 0.266 e. The number of carbonyl (C=O) groups is 1. The van der Waals surface area contributed by atoms with E-state index in [9.17, 15) is 4.79 Å². The normalized spacial score (nSPS) is 15.0. The average molecular weight is 319 g/mol. The fraction of sp³-hybridized carbons (Fsp3) is 0.600. The van der Waals surface area contributed by atoms with Gasteiger partial charge in [-0.3, -0.25) is 4.79 Å². The van der Waals surface area contributed by atoms with Crippen LogP contribution in [-0.4, -0.2) is 37.1 Å². The second kappa shape index (κ2) is 5.15. The van der Waals surface area contributed by atoms with Crippen molar-refractivity contribution in [3.63, 3.8) is 0 Å². The first-order valence-electron chi connectivity index (χ1n) is 7.43. The highest BCUT2D eigenvalue weighted by molar-refractivity contribution is 7.14. The SMILES string of the molecule is Cc1nc(C(C)(C)C)sc1C(=O)N1CCn2c(C)nnc2C1. The molecule has 0 N–H and O–H groups in total. The number of thiazole rings is 1. The van der Waals surface area contributed by atoms with Gasteiger partial charge in [0.05, 0.1) is 17.2 Å². The molecule has 0 saturated carbocycles. The molecule has 3 heterocycles. The second-order valence-electron chi connectivity index (χ2n) is 6.73. The van der Waals surface area contributed by atoms with Gasteiger partial charge in [0.2, 0.25) is 0 Å². The van der Waals surface area contributed by atoms with Crippen LogP contribution in [0.5, 0.6) is 0 Å². The fourth-order valence-corrected chi connectivity index (χ4v) is 3.63. The van der Waals surface area contributed by atoms with Gasteiger partial charge in [-0.1, -0.05) is 20.8 Å². The zero-order valence-corrected chi connectivity index (χ0v) is 14.5. The van der Waals surface area contributed by atoms with E-state index in [2.05, 4.69) is 40.5 Å². The molecule has 22 heavy (non-hydrogen) atoms.